The Morgan fingerprint density at radius 1 is 1.11 bits per heavy atom. The SMILES string of the molecule is Cc1ccccc1OCC1Cc2ccccc2O1. The minimum absolute atomic E-state index is 0.127. The van der Waals surface area contributed by atoms with Gasteiger partial charge in [-0.3, -0.25) is 0 Å². The third kappa shape index (κ3) is 2.19. The van der Waals surface area contributed by atoms with Gasteiger partial charge in [0.25, 0.3) is 0 Å². The van der Waals surface area contributed by atoms with E-state index < -0.39 is 0 Å². The van der Waals surface area contributed by atoms with Gasteiger partial charge in [0.15, 0.2) is 0 Å². The summed E-state index contributed by atoms with van der Waals surface area (Å²) in [6.45, 7) is 2.65. The van der Waals surface area contributed by atoms with Crippen LogP contribution in [0, 0.1) is 6.92 Å². The zero-order chi connectivity index (χ0) is 12.4. The highest BCUT2D eigenvalue weighted by atomic mass is 16.5. The predicted molar refractivity (Wildman–Crippen MR) is 71.2 cm³/mol. The summed E-state index contributed by atoms with van der Waals surface area (Å²) in [6.07, 6.45) is 1.06. The molecule has 1 aliphatic rings. The second kappa shape index (κ2) is 4.73. The highest BCUT2D eigenvalue weighted by Crippen LogP contribution is 2.28. The van der Waals surface area contributed by atoms with Gasteiger partial charge in [0.05, 0.1) is 0 Å². The second-order valence-electron chi connectivity index (χ2n) is 4.63. The summed E-state index contributed by atoms with van der Waals surface area (Å²) in [4.78, 5) is 0. The molecule has 0 fully saturated rings. The number of hydrogen-bond donors (Lipinski definition) is 0. The average Bonchev–Trinajstić information content (AvgIpc) is 2.80. The lowest BCUT2D eigenvalue weighted by Gasteiger charge is -2.13. The molecule has 0 bridgehead atoms. The molecule has 0 spiro atoms. The Morgan fingerprint density at radius 3 is 2.72 bits per heavy atom. The first kappa shape index (κ1) is 11.1. The summed E-state index contributed by atoms with van der Waals surface area (Å²) in [7, 11) is 0. The lowest BCUT2D eigenvalue weighted by atomic mass is 10.1. The molecule has 0 N–H and O–H groups in total. The van der Waals surface area contributed by atoms with Crippen LogP contribution in [0.25, 0.3) is 0 Å². The quantitative estimate of drug-likeness (QED) is 0.818. The van der Waals surface area contributed by atoms with Gasteiger partial charge < -0.3 is 9.47 Å². The number of aryl methyl sites for hydroxylation is 1. The zero-order valence-corrected chi connectivity index (χ0v) is 10.4. The van der Waals surface area contributed by atoms with Gasteiger partial charge in [-0.25, -0.2) is 0 Å². The van der Waals surface area contributed by atoms with Gasteiger partial charge in [-0.1, -0.05) is 36.4 Å². The highest BCUT2D eigenvalue weighted by Gasteiger charge is 2.22. The van der Waals surface area contributed by atoms with Crippen molar-refractivity contribution in [2.45, 2.75) is 19.4 Å². The van der Waals surface area contributed by atoms with Crippen molar-refractivity contribution < 1.29 is 9.47 Å². The lowest BCUT2D eigenvalue weighted by Crippen LogP contribution is -2.22. The largest absolute Gasteiger partial charge is 0.489 e. The van der Waals surface area contributed by atoms with Crippen LogP contribution in [0.4, 0.5) is 0 Å². The normalized spacial score (nSPS) is 17.1. The van der Waals surface area contributed by atoms with Crippen molar-refractivity contribution in [2.75, 3.05) is 6.61 Å². The van der Waals surface area contributed by atoms with E-state index in [-0.39, 0.29) is 6.10 Å². The Balaban J connectivity index is 1.62. The van der Waals surface area contributed by atoms with E-state index >= 15 is 0 Å². The van der Waals surface area contributed by atoms with Gasteiger partial charge in [-0.05, 0) is 30.2 Å². The summed E-state index contributed by atoms with van der Waals surface area (Å²) in [6, 6.07) is 16.2. The molecule has 3 rings (SSSR count). The number of benzene rings is 2. The zero-order valence-electron chi connectivity index (χ0n) is 10.4. The van der Waals surface area contributed by atoms with Crippen LogP contribution >= 0.6 is 0 Å². The Morgan fingerprint density at radius 2 is 1.89 bits per heavy atom. The first-order valence-corrected chi connectivity index (χ1v) is 6.26. The minimum Gasteiger partial charge on any atom is -0.489 e. The van der Waals surface area contributed by atoms with Gasteiger partial charge in [0.2, 0.25) is 0 Å². The van der Waals surface area contributed by atoms with Gasteiger partial charge in [-0.2, -0.15) is 0 Å². The molecule has 0 saturated heterocycles. The molecule has 2 aromatic carbocycles. The third-order valence-electron chi connectivity index (χ3n) is 3.23. The standard InChI is InChI=1S/C16H16O2/c1-12-6-2-4-8-15(12)17-11-14-10-13-7-3-5-9-16(13)18-14/h2-9,14H,10-11H2,1H3. The molecule has 0 saturated carbocycles. The van der Waals surface area contributed by atoms with Crippen molar-refractivity contribution in [1.29, 1.82) is 0 Å². The van der Waals surface area contributed by atoms with E-state index in [1.54, 1.807) is 0 Å². The van der Waals surface area contributed by atoms with E-state index in [1.807, 2.05) is 36.4 Å². The van der Waals surface area contributed by atoms with Crippen molar-refractivity contribution in [3.05, 3.63) is 59.7 Å². The molecule has 1 atom stereocenters. The van der Waals surface area contributed by atoms with E-state index in [0.717, 1.165) is 23.5 Å². The fourth-order valence-corrected chi connectivity index (χ4v) is 2.25. The molecule has 18 heavy (non-hydrogen) atoms. The molecule has 0 amide bonds. The number of para-hydroxylation sites is 2. The predicted octanol–water partition coefficient (Wildman–Crippen LogP) is 3.38. The van der Waals surface area contributed by atoms with Crippen LogP contribution < -0.4 is 9.47 Å². The summed E-state index contributed by atoms with van der Waals surface area (Å²) >= 11 is 0. The lowest BCUT2D eigenvalue weighted by molar-refractivity contribution is 0.148. The van der Waals surface area contributed by atoms with Gasteiger partial charge in [-0.15, -0.1) is 0 Å². The molecular formula is C16H16O2. The third-order valence-corrected chi connectivity index (χ3v) is 3.23. The fraction of sp³-hybridized carbons (Fsp3) is 0.250. The number of hydrogen-bond acceptors (Lipinski definition) is 2. The van der Waals surface area contributed by atoms with Crippen LogP contribution in [-0.4, -0.2) is 12.7 Å². The maximum Gasteiger partial charge on any atom is 0.137 e. The fourth-order valence-electron chi connectivity index (χ4n) is 2.25. The highest BCUT2D eigenvalue weighted by molar-refractivity contribution is 5.37. The Bertz CT molecular complexity index is 523. The Labute approximate surface area is 107 Å². The van der Waals surface area contributed by atoms with Crippen LogP contribution in [0.5, 0.6) is 11.5 Å². The molecule has 2 aromatic rings. The molecule has 1 unspecified atom stereocenters. The van der Waals surface area contributed by atoms with E-state index in [9.17, 15) is 0 Å². The van der Waals surface area contributed by atoms with Crippen molar-refractivity contribution in [2.24, 2.45) is 0 Å². The van der Waals surface area contributed by atoms with Gasteiger partial charge in [0, 0.05) is 6.42 Å². The number of fused-ring (bicyclic) bond motifs is 1. The Hall–Kier alpha value is -1.96. The summed E-state index contributed by atoms with van der Waals surface area (Å²) < 4.78 is 11.7. The first-order valence-electron chi connectivity index (χ1n) is 6.26. The van der Waals surface area contributed by atoms with Crippen molar-refractivity contribution >= 4 is 0 Å². The number of rotatable bonds is 3. The van der Waals surface area contributed by atoms with E-state index in [0.29, 0.717) is 6.61 Å². The van der Waals surface area contributed by atoms with Gasteiger partial charge in [0.1, 0.15) is 24.2 Å². The molecule has 2 nitrogen and oxygen atoms in total. The monoisotopic (exact) mass is 240 g/mol. The minimum atomic E-state index is 0.127. The molecule has 0 radical (unpaired) electrons. The van der Waals surface area contributed by atoms with E-state index in [2.05, 4.69) is 19.1 Å². The maximum atomic E-state index is 5.84. The van der Waals surface area contributed by atoms with E-state index in [1.165, 1.54) is 5.56 Å². The maximum absolute atomic E-state index is 5.84. The van der Waals surface area contributed by atoms with Crippen molar-refractivity contribution in [3.8, 4) is 11.5 Å². The van der Waals surface area contributed by atoms with Crippen LogP contribution in [-0.2, 0) is 6.42 Å². The molecule has 0 aromatic heterocycles. The second-order valence-corrected chi connectivity index (χ2v) is 4.63. The van der Waals surface area contributed by atoms with E-state index in [4.69, 9.17) is 9.47 Å². The smallest absolute Gasteiger partial charge is 0.137 e. The molecule has 2 heteroatoms. The van der Waals surface area contributed by atoms with Crippen LogP contribution in [0.2, 0.25) is 0 Å². The van der Waals surface area contributed by atoms with Crippen LogP contribution in [0.3, 0.4) is 0 Å². The summed E-state index contributed by atoms with van der Waals surface area (Å²) in [5.41, 5.74) is 2.43. The Kier molecular flexibility index (Phi) is 2.93. The van der Waals surface area contributed by atoms with Gasteiger partial charge >= 0.3 is 0 Å². The summed E-state index contributed by atoms with van der Waals surface area (Å²) in [5.74, 6) is 1.94. The number of ether oxygens (including phenoxy) is 2. The first-order chi connectivity index (χ1) is 8.83. The molecule has 0 aliphatic carbocycles. The van der Waals surface area contributed by atoms with Crippen molar-refractivity contribution in [3.63, 3.8) is 0 Å². The summed E-state index contributed by atoms with van der Waals surface area (Å²) in [5, 5.41) is 0. The average molecular weight is 240 g/mol. The molecule has 1 heterocycles. The molecular weight excluding hydrogens is 224 g/mol. The van der Waals surface area contributed by atoms with Crippen LogP contribution in [0.1, 0.15) is 11.1 Å². The topological polar surface area (TPSA) is 18.5 Å². The molecule has 1 aliphatic heterocycles. The van der Waals surface area contributed by atoms with Crippen molar-refractivity contribution in [1.82, 2.24) is 0 Å². The van der Waals surface area contributed by atoms with Crippen LogP contribution in [0.15, 0.2) is 48.5 Å². The molecule has 92 valence electrons.